The van der Waals surface area contributed by atoms with Crippen LogP contribution in [-0.2, 0) is 27.8 Å². The third-order valence-electron chi connectivity index (χ3n) is 4.62. The van der Waals surface area contributed by atoms with Crippen molar-refractivity contribution in [3.63, 3.8) is 0 Å². The SMILES string of the molecule is CCOC(=S)Sc1ccc2c(c1)CC1(C2)C(=O)Nc2ncccc21. The maximum absolute atomic E-state index is 12.7. The van der Waals surface area contributed by atoms with Crippen LogP contribution in [0, 0.1) is 0 Å². The van der Waals surface area contributed by atoms with Gasteiger partial charge >= 0.3 is 0 Å². The standard InChI is InChI=1S/C18H16N2O2S2/c1-2-22-17(23)24-13-6-5-11-9-18(10-12(11)8-13)14-4-3-7-19-15(14)20-16(18)21/h3-8H,2,9-10H2,1H3,(H,19,20,21). The second kappa shape index (κ2) is 5.86. The van der Waals surface area contributed by atoms with Gasteiger partial charge in [0.25, 0.3) is 0 Å². The number of anilines is 1. The van der Waals surface area contributed by atoms with Crippen molar-refractivity contribution in [3.8, 4) is 0 Å². The first-order chi connectivity index (χ1) is 11.6. The highest BCUT2D eigenvalue weighted by atomic mass is 32.2. The Hall–Kier alpha value is -1.92. The minimum Gasteiger partial charge on any atom is -0.479 e. The van der Waals surface area contributed by atoms with Gasteiger partial charge in [0.05, 0.1) is 12.0 Å². The number of nitrogens with one attached hydrogen (secondary N) is 1. The van der Waals surface area contributed by atoms with Gasteiger partial charge in [-0.25, -0.2) is 4.98 Å². The molecule has 1 amide bonds. The summed E-state index contributed by atoms with van der Waals surface area (Å²) in [6.07, 6.45) is 3.13. The molecular formula is C18H16N2O2S2. The summed E-state index contributed by atoms with van der Waals surface area (Å²) in [6.45, 7) is 2.49. The highest BCUT2D eigenvalue weighted by molar-refractivity contribution is 8.22. The fourth-order valence-corrected chi connectivity index (χ4v) is 4.66. The van der Waals surface area contributed by atoms with E-state index in [4.69, 9.17) is 17.0 Å². The van der Waals surface area contributed by atoms with Gasteiger partial charge in [0.1, 0.15) is 5.82 Å². The molecule has 1 spiro atoms. The summed E-state index contributed by atoms with van der Waals surface area (Å²) in [5.41, 5.74) is 2.90. The number of rotatable bonds is 2. The smallest absolute Gasteiger partial charge is 0.237 e. The van der Waals surface area contributed by atoms with E-state index in [-0.39, 0.29) is 5.91 Å². The quantitative estimate of drug-likeness (QED) is 0.659. The van der Waals surface area contributed by atoms with Crippen LogP contribution in [0.2, 0.25) is 0 Å². The summed E-state index contributed by atoms with van der Waals surface area (Å²) in [4.78, 5) is 18.0. The molecule has 122 valence electrons. The van der Waals surface area contributed by atoms with Gasteiger partial charge < -0.3 is 10.1 Å². The van der Waals surface area contributed by atoms with Crippen LogP contribution in [0.3, 0.4) is 0 Å². The van der Waals surface area contributed by atoms with Crippen LogP contribution in [0.25, 0.3) is 0 Å². The van der Waals surface area contributed by atoms with Crippen LogP contribution < -0.4 is 5.32 Å². The molecule has 0 fully saturated rings. The predicted molar refractivity (Wildman–Crippen MR) is 98.5 cm³/mol. The zero-order chi connectivity index (χ0) is 16.7. The first-order valence-electron chi connectivity index (χ1n) is 7.86. The number of hydrogen-bond acceptors (Lipinski definition) is 5. The number of benzene rings is 1. The highest BCUT2D eigenvalue weighted by Gasteiger charge is 2.50. The van der Waals surface area contributed by atoms with Crippen LogP contribution in [0.4, 0.5) is 5.82 Å². The van der Waals surface area contributed by atoms with Crippen LogP contribution in [0.5, 0.6) is 0 Å². The lowest BCUT2D eigenvalue weighted by molar-refractivity contribution is -0.120. The molecule has 1 unspecified atom stereocenters. The topological polar surface area (TPSA) is 51.2 Å². The van der Waals surface area contributed by atoms with Crippen LogP contribution >= 0.6 is 24.0 Å². The Morgan fingerprint density at radius 1 is 1.38 bits per heavy atom. The van der Waals surface area contributed by atoms with Crippen molar-refractivity contribution in [2.75, 3.05) is 11.9 Å². The molecule has 4 nitrogen and oxygen atoms in total. The van der Waals surface area contributed by atoms with Crippen LogP contribution in [0.1, 0.15) is 23.6 Å². The zero-order valence-electron chi connectivity index (χ0n) is 13.2. The normalized spacial score (nSPS) is 20.6. The Morgan fingerprint density at radius 3 is 3.04 bits per heavy atom. The van der Waals surface area contributed by atoms with E-state index in [0.29, 0.717) is 29.6 Å². The number of amides is 1. The molecule has 1 N–H and O–H groups in total. The molecule has 1 atom stereocenters. The molecule has 2 heterocycles. The van der Waals surface area contributed by atoms with E-state index in [1.54, 1.807) is 6.20 Å². The van der Waals surface area contributed by atoms with Crippen LogP contribution in [-0.4, -0.2) is 21.9 Å². The lowest BCUT2D eigenvalue weighted by atomic mass is 9.79. The monoisotopic (exact) mass is 356 g/mol. The molecule has 0 bridgehead atoms. The van der Waals surface area contributed by atoms with Gasteiger partial charge in [-0.05, 0) is 73.1 Å². The number of thiocarbonyl (C=S) groups is 1. The second-order valence-corrected chi connectivity index (χ2v) is 7.68. The molecule has 4 rings (SSSR count). The van der Waals surface area contributed by atoms with Crippen LogP contribution in [0.15, 0.2) is 41.4 Å². The van der Waals surface area contributed by atoms with Crippen molar-refractivity contribution in [3.05, 3.63) is 53.2 Å². The van der Waals surface area contributed by atoms with Crippen molar-refractivity contribution in [2.24, 2.45) is 0 Å². The largest absolute Gasteiger partial charge is 0.479 e. The Balaban J connectivity index is 1.65. The van der Waals surface area contributed by atoms with E-state index >= 15 is 0 Å². The number of fused-ring (bicyclic) bond motifs is 3. The van der Waals surface area contributed by atoms with Crippen molar-refractivity contribution < 1.29 is 9.53 Å². The second-order valence-electron chi connectivity index (χ2n) is 6.00. The average molecular weight is 356 g/mol. The lowest BCUT2D eigenvalue weighted by Gasteiger charge is -2.20. The predicted octanol–water partition coefficient (Wildman–Crippen LogP) is 3.48. The number of thioether (sulfide) groups is 1. The Kier molecular flexibility index (Phi) is 3.81. The van der Waals surface area contributed by atoms with Gasteiger partial charge in [0.15, 0.2) is 0 Å². The number of carbonyl (C=O) groups excluding carboxylic acids is 1. The van der Waals surface area contributed by atoms with Gasteiger partial charge in [-0.1, -0.05) is 12.1 Å². The summed E-state index contributed by atoms with van der Waals surface area (Å²) in [6, 6.07) is 10.2. The van der Waals surface area contributed by atoms with E-state index in [9.17, 15) is 4.79 Å². The lowest BCUT2D eigenvalue weighted by Crippen LogP contribution is -2.35. The Labute approximate surface area is 150 Å². The van der Waals surface area contributed by atoms with Gasteiger partial charge in [-0.2, -0.15) is 0 Å². The first-order valence-corrected chi connectivity index (χ1v) is 9.08. The van der Waals surface area contributed by atoms with Crippen molar-refractivity contribution in [2.45, 2.75) is 30.1 Å². The molecular weight excluding hydrogens is 340 g/mol. The third kappa shape index (κ3) is 2.41. The molecule has 0 saturated heterocycles. The molecule has 1 aromatic carbocycles. The fourth-order valence-electron chi connectivity index (χ4n) is 3.55. The number of ether oxygens (including phenoxy) is 1. The van der Waals surface area contributed by atoms with E-state index < -0.39 is 5.41 Å². The zero-order valence-corrected chi connectivity index (χ0v) is 14.8. The molecule has 2 aromatic rings. The van der Waals surface area contributed by atoms with E-state index in [1.807, 2.05) is 25.1 Å². The molecule has 6 heteroatoms. The molecule has 1 aromatic heterocycles. The maximum atomic E-state index is 12.7. The third-order valence-corrected chi connectivity index (χ3v) is 5.76. The van der Waals surface area contributed by atoms with Gasteiger partial charge in [-0.15, -0.1) is 0 Å². The van der Waals surface area contributed by atoms with Gasteiger partial charge in [-0.3, -0.25) is 4.79 Å². The van der Waals surface area contributed by atoms with E-state index in [1.165, 1.54) is 22.9 Å². The molecule has 0 radical (unpaired) electrons. The molecule has 0 saturated carbocycles. The number of nitrogens with zero attached hydrogens (tertiary/aromatic N) is 1. The Bertz CT molecular complexity index is 853. The summed E-state index contributed by atoms with van der Waals surface area (Å²) in [7, 11) is 0. The summed E-state index contributed by atoms with van der Waals surface area (Å²) in [5, 5.41) is 2.93. The minimum atomic E-state index is -0.518. The summed E-state index contributed by atoms with van der Waals surface area (Å²) < 4.78 is 5.87. The minimum absolute atomic E-state index is 0.0476. The molecule has 24 heavy (non-hydrogen) atoms. The van der Waals surface area contributed by atoms with Crippen molar-refractivity contribution >= 4 is 40.1 Å². The Morgan fingerprint density at radius 2 is 2.21 bits per heavy atom. The number of aromatic nitrogens is 1. The number of hydrogen-bond donors (Lipinski definition) is 1. The van der Waals surface area contributed by atoms with Gasteiger partial charge in [0.2, 0.25) is 10.3 Å². The van der Waals surface area contributed by atoms with Crippen molar-refractivity contribution in [1.29, 1.82) is 0 Å². The van der Waals surface area contributed by atoms with Crippen molar-refractivity contribution in [1.82, 2.24) is 4.98 Å². The summed E-state index contributed by atoms with van der Waals surface area (Å²) >= 11 is 6.65. The maximum Gasteiger partial charge on any atom is 0.237 e. The molecule has 1 aliphatic heterocycles. The number of carbonyl (C=O) groups is 1. The highest BCUT2D eigenvalue weighted by Crippen LogP contribution is 2.47. The van der Waals surface area contributed by atoms with Gasteiger partial charge in [0, 0.05) is 16.7 Å². The first kappa shape index (κ1) is 15.6. The van der Waals surface area contributed by atoms with E-state index in [0.717, 1.165) is 10.5 Å². The fraction of sp³-hybridized carbons (Fsp3) is 0.278. The number of pyridine rings is 1. The molecule has 2 aliphatic rings. The average Bonchev–Trinajstić information content (AvgIpc) is 3.07. The van der Waals surface area contributed by atoms with E-state index in [2.05, 4.69) is 22.4 Å². The molecule has 1 aliphatic carbocycles. The summed E-state index contributed by atoms with van der Waals surface area (Å²) in [5.74, 6) is 0.744.